The molecule has 0 bridgehead atoms. The van der Waals surface area contributed by atoms with Crippen molar-refractivity contribution in [1.82, 2.24) is 0 Å². The maximum atomic E-state index is 13.6. The molecule has 0 aliphatic rings. The van der Waals surface area contributed by atoms with Gasteiger partial charge in [-0.1, -0.05) is 23.2 Å². The number of esters is 1. The van der Waals surface area contributed by atoms with Crippen molar-refractivity contribution in [1.29, 1.82) is 0 Å². The van der Waals surface area contributed by atoms with Crippen LogP contribution in [0.5, 0.6) is 0 Å². The van der Waals surface area contributed by atoms with E-state index in [4.69, 9.17) is 27.9 Å². The first-order valence-electron chi connectivity index (χ1n) is 6.87. The molecule has 1 N–H and O–H groups in total. The quantitative estimate of drug-likeness (QED) is 0.274. The van der Waals surface area contributed by atoms with Crippen LogP contribution in [0, 0.1) is 5.82 Å². The fraction of sp³-hybridized carbons (Fsp3) is 0.375. The molecule has 23 heavy (non-hydrogen) atoms. The van der Waals surface area contributed by atoms with Gasteiger partial charge >= 0.3 is 5.97 Å². The van der Waals surface area contributed by atoms with E-state index in [-0.39, 0.29) is 27.8 Å². The number of rotatable bonds is 4. The molecule has 0 fully saturated rings. The third-order valence-electron chi connectivity index (χ3n) is 2.60. The molecule has 0 aliphatic carbocycles. The van der Waals surface area contributed by atoms with E-state index < -0.39 is 23.1 Å². The lowest BCUT2D eigenvalue weighted by atomic mass is 10.1. The van der Waals surface area contributed by atoms with Gasteiger partial charge in [-0.05, 0) is 39.8 Å². The predicted octanol–water partition coefficient (Wildman–Crippen LogP) is 4.83. The lowest BCUT2D eigenvalue weighted by Crippen LogP contribution is -2.15. The highest BCUT2D eigenvalue weighted by Crippen LogP contribution is 2.30. The number of aliphatic hydroxyl groups is 1. The fourth-order valence-electron chi connectivity index (χ4n) is 1.53. The zero-order valence-corrected chi connectivity index (χ0v) is 14.8. The number of hydrogen-bond donors (Lipinski definition) is 1. The Morgan fingerprint density at radius 1 is 1.35 bits per heavy atom. The zero-order chi connectivity index (χ0) is 17.8. The topological polar surface area (TPSA) is 58.9 Å². The second-order valence-electron chi connectivity index (χ2n) is 5.66. The number of benzene rings is 1. The lowest BCUT2D eigenvalue weighted by Gasteiger charge is -2.13. The smallest absolute Gasteiger partial charge is 0.343 e. The molecule has 0 aromatic heterocycles. The summed E-state index contributed by atoms with van der Waals surface area (Å²) in [5.74, 6) is -2.09. The molecule has 0 atom stereocenters. The van der Waals surface area contributed by atoms with Crippen LogP contribution in [0.3, 0.4) is 0 Å². The number of nitrogens with zero attached hydrogens (tertiary/aromatic N) is 1. The van der Waals surface area contributed by atoms with Gasteiger partial charge in [-0.15, -0.1) is 0 Å². The minimum absolute atomic E-state index is 0.000132. The van der Waals surface area contributed by atoms with Crippen LogP contribution >= 0.6 is 23.2 Å². The Kier molecular flexibility index (Phi) is 6.59. The molecular weight excluding hydrogens is 344 g/mol. The first-order valence-corrected chi connectivity index (χ1v) is 7.63. The van der Waals surface area contributed by atoms with E-state index >= 15 is 0 Å². The summed E-state index contributed by atoms with van der Waals surface area (Å²) in [6.45, 7) is 7.19. The van der Waals surface area contributed by atoms with Gasteiger partial charge < -0.3 is 9.84 Å². The number of carbonyl (C=O) groups is 1. The van der Waals surface area contributed by atoms with Crippen molar-refractivity contribution in [2.75, 3.05) is 6.61 Å². The van der Waals surface area contributed by atoms with Gasteiger partial charge in [0, 0.05) is 11.8 Å². The highest BCUT2D eigenvalue weighted by atomic mass is 35.5. The molecule has 1 rings (SSSR count). The minimum atomic E-state index is -0.788. The van der Waals surface area contributed by atoms with Crippen LogP contribution in [0.25, 0.3) is 5.76 Å². The molecule has 0 radical (unpaired) electrons. The van der Waals surface area contributed by atoms with Crippen molar-refractivity contribution in [3.63, 3.8) is 0 Å². The number of aliphatic imine (C=N–C) groups is 1. The molecule has 0 saturated heterocycles. The zero-order valence-electron chi connectivity index (χ0n) is 13.3. The van der Waals surface area contributed by atoms with Gasteiger partial charge in [0.15, 0.2) is 0 Å². The summed E-state index contributed by atoms with van der Waals surface area (Å²) in [7, 11) is 0. The van der Waals surface area contributed by atoms with Crippen molar-refractivity contribution in [3.8, 4) is 0 Å². The Morgan fingerprint density at radius 3 is 2.48 bits per heavy atom. The maximum absolute atomic E-state index is 13.6. The number of ether oxygens (including phenoxy) is 1. The predicted molar refractivity (Wildman–Crippen MR) is 90.8 cm³/mol. The monoisotopic (exact) mass is 361 g/mol. The molecule has 0 spiro atoms. The number of carbonyl (C=O) groups excluding carboxylic acids is 1. The van der Waals surface area contributed by atoms with Crippen LogP contribution in [0.4, 0.5) is 4.39 Å². The Morgan fingerprint density at radius 2 is 1.96 bits per heavy atom. The van der Waals surface area contributed by atoms with Crippen molar-refractivity contribution in [2.24, 2.45) is 4.99 Å². The van der Waals surface area contributed by atoms with Crippen LogP contribution < -0.4 is 0 Å². The normalized spacial score (nSPS) is 13.2. The van der Waals surface area contributed by atoms with Gasteiger partial charge in [0.2, 0.25) is 0 Å². The molecular formula is C16H18Cl2FNO3. The van der Waals surface area contributed by atoms with Crippen molar-refractivity contribution >= 4 is 41.1 Å². The molecule has 126 valence electrons. The molecule has 0 unspecified atom stereocenters. The molecule has 0 saturated carbocycles. The first kappa shape index (κ1) is 19.5. The third-order valence-corrected chi connectivity index (χ3v) is 3.20. The van der Waals surface area contributed by atoms with E-state index in [1.165, 1.54) is 6.21 Å². The fourth-order valence-corrected chi connectivity index (χ4v) is 2.00. The summed E-state index contributed by atoms with van der Waals surface area (Å²) in [4.78, 5) is 16.2. The molecule has 0 amide bonds. The van der Waals surface area contributed by atoms with Gasteiger partial charge in [0.1, 0.15) is 17.1 Å². The number of halogens is 3. The molecule has 1 aromatic rings. The number of hydrogen-bond acceptors (Lipinski definition) is 4. The minimum Gasteiger partial charge on any atom is -0.506 e. The maximum Gasteiger partial charge on any atom is 0.343 e. The molecule has 4 nitrogen and oxygen atoms in total. The van der Waals surface area contributed by atoms with Crippen molar-refractivity contribution < 1.29 is 19.0 Å². The van der Waals surface area contributed by atoms with E-state index in [1.807, 2.05) is 20.8 Å². The Balaban J connectivity index is 3.48. The average Bonchev–Trinajstić information content (AvgIpc) is 2.41. The summed E-state index contributed by atoms with van der Waals surface area (Å²) in [5, 5.41) is 10.2. The molecule has 7 heteroatoms. The molecule has 0 aliphatic heterocycles. The van der Waals surface area contributed by atoms with Gasteiger partial charge in [-0.2, -0.15) is 0 Å². The van der Waals surface area contributed by atoms with Crippen molar-refractivity contribution in [2.45, 2.75) is 33.2 Å². The van der Waals surface area contributed by atoms with E-state index in [0.717, 1.165) is 12.1 Å². The lowest BCUT2D eigenvalue weighted by molar-refractivity contribution is -0.137. The average molecular weight is 362 g/mol. The first-order chi connectivity index (χ1) is 10.6. The van der Waals surface area contributed by atoms with Crippen LogP contribution in [-0.4, -0.2) is 29.4 Å². The second-order valence-corrected chi connectivity index (χ2v) is 6.47. The van der Waals surface area contributed by atoms with Gasteiger partial charge in [0.25, 0.3) is 0 Å². The van der Waals surface area contributed by atoms with Gasteiger partial charge in [-0.3, -0.25) is 4.99 Å². The molecule has 0 heterocycles. The Hall–Kier alpha value is -1.59. The van der Waals surface area contributed by atoms with E-state index in [1.54, 1.807) is 6.92 Å². The van der Waals surface area contributed by atoms with E-state index in [0.29, 0.717) is 0 Å². The number of aliphatic hydroxyl groups excluding tert-OH is 1. The summed E-state index contributed by atoms with van der Waals surface area (Å²) < 4.78 is 18.5. The van der Waals surface area contributed by atoms with Crippen LogP contribution in [0.1, 0.15) is 33.3 Å². The van der Waals surface area contributed by atoms with E-state index in [9.17, 15) is 14.3 Å². The van der Waals surface area contributed by atoms with Gasteiger partial charge in [-0.25, -0.2) is 9.18 Å². The van der Waals surface area contributed by atoms with Crippen molar-refractivity contribution in [3.05, 3.63) is 39.1 Å². The van der Waals surface area contributed by atoms with Crippen LogP contribution in [0.2, 0.25) is 10.0 Å². The highest BCUT2D eigenvalue weighted by molar-refractivity contribution is 6.36. The van der Waals surface area contributed by atoms with Crippen LogP contribution in [0.15, 0.2) is 22.7 Å². The largest absolute Gasteiger partial charge is 0.506 e. The third kappa shape index (κ3) is 5.52. The SMILES string of the molecule is CCOC(=O)/C(C=NC(C)(C)C)=C(\O)c1cc(F)c(Cl)cc1Cl. The van der Waals surface area contributed by atoms with E-state index in [2.05, 4.69) is 4.99 Å². The highest BCUT2D eigenvalue weighted by Gasteiger charge is 2.20. The summed E-state index contributed by atoms with van der Waals surface area (Å²) in [6, 6.07) is 2.10. The van der Waals surface area contributed by atoms with Gasteiger partial charge in [0.05, 0.1) is 22.2 Å². The standard InChI is InChI=1S/C16H18Cl2FNO3/c1-5-23-15(22)10(8-20-16(2,3)4)14(21)9-6-13(19)12(18)7-11(9)17/h6-8,21H,5H2,1-4H3/b14-10-,20-8?. The second kappa shape index (κ2) is 7.79. The van der Waals surface area contributed by atoms with Crippen LogP contribution in [-0.2, 0) is 9.53 Å². The summed E-state index contributed by atoms with van der Waals surface area (Å²) in [5.41, 5.74) is -0.769. The molecule has 1 aromatic carbocycles. The Labute approximate surface area is 144 Å². The summed E-state index contributed by atoms with van der Waals surface area (Å²) >= 11 is 11.6. The summed E-state index contributed by atoms with van der Waals surface area (Å²) in [6.07, 6.45) is 1.19. The Bertz CT molecular complexity index is 664.